The zero-order valence-electron chi connectivity index (χ0n) is 11.8. The lowest BCUT2D eigenvalue weighted by Gasteiger charge is -2.10. The molecule has 1 heterocycles. The molecule has 0 amide bonds. The molecule has 4 heteroatoms. The summed E-state index contributed by atoms with van der Waals surface area (Å²) in [6.07, 6.45) is 3.39. The van der Waals surface area contributed by atoms with Crippen LogP contribution >= 0.6 is 0 Å². The number of oxazole rings is 1. The van der Waals surface area contributed by atoms with Crippen LogP contribution in [0.5, 0.6) is 5.75 Å². The smallest absolute Gasteiger partial charge is 0.419 e. The van der Waals surface area contributed by atoms with Gasteiger partial charge in [-0.05, 0) is 31.4 Å². The molecule has 1 N–H and O–H groups in total. The van der Waals surface area contributed by atoms with Gasteiger partial charge in [0.15, 0.2) is 5.58 Å². The molecule has 0 atom stereocenters. The molecular formula is C15H21NO3. The van der Waals surface area contributed by atoms with Crippen LogP contribution in [0.15, 0.2) is 15.3 Å². The average molecular weight is 263 g/mol. The second kappa shape index (κ2) is 5.51. The fraction of sp³-hybridized carbons (Fsp3) is 0.533. The van der Waals surface area contributed by atoms with Crippen molar-refractivity contribution in [1.82, 2.24) is 4.57 Å². The minimum atomic E-state index is -0.345. The fourth-order valence-corrected chi connectivity index (χ4v) is 2.55. The van der Waals surface area contributed by atoms with Gasteiger partial charge in [-0.1, -0.05) is 26.7 Å². The third-order valence-corrected chi connectivity index (χ3v) is 3.44. The van der Waals surface area contributed by atoms with Gasteiger partial charge in [0, 0.05) is 12.1 Å². The van der Waals surface area contributed by atoms with Gasteiger partial charge < -0.3 is 9.52 Å². The lowest BCUT2D eigenvalue weighted by atomic mass is 10.0. The van der Waals surface area contributed by atoms with E-state index in [-0.39, 0.29) is 5.76 Å². The van der Waals surface area contributed by atoms with Crippen LogP contribution in [0, 0.1) is 0 Å². The summed E-state index contributed by atoms with van der Waals surface area (Å²) in [5.41, 5.74) is 3.03. The van der Waals surface area contributed by atoms with E-state index >= 15 is 0 Å². The molecule has 0 spiro atoms. The van der Waals surface area contributed by atoms with E-state index in [1.165, 1.54) is 0 Å². The number of phenolic OH excluding ortho intramolecular Hbond substituents is 1. The van der Waals surface area contributed by atoms with Crippen LogP contribution in [0.4, 0.5) is 0 Å². The van der Waals surface area contributed by atoms with Gasteiger partial charge in [-0.25, -0.2) is 4.79 Å². The Morgan fingerprint density at radius 3 is 2.47 bits per heavy atom. The summed E-state index contributed by atoms with van der Waals surface area (Å²) in [7, 11) is 0. The van der Waals surface area contributed by atoms with E-state index in [2.05, 4.69) is 6.92 Å². The minimum Gasteiger partial charge on any atom is -0.507 e. The summed E-state index contributed by atoms with van der Waals surface area (Å²) in [5.74, 6) is -0.0453. The van der Waals surface area contributed by atoms with Crippen LogP contribution in [0.25, 0.3) is 11.1 Å². The van der Waals surface area contributed by atoms with E-state index < -0.39 is 0 Å². The van der Waals surface area contributed by atoms with E-state index in [1.807, 2.05) is 19.9 Å². The largest absolute Gasteiger partial charge is 0.507 e. The highest BCUT2D eigenvalue weighted by atomic mass is 16.4. The van der Waals surface area contributed by atoms with Crippen molar-refractivity contribution in [3.63, 3.8) is 0 Å². The van der Waals surface area contributed by atoms with Crippen LogP contribution in [-0.4, -0.2) is 9.67 Å². The second-order valence-corrected chi connectivity index (χ2v) is 4.82. The highest BCUT2D eigenvalue weighted by molar-refractivity contribution is 5.81. The molecular weight excluding hydrogens is 242 g/mol. The summed E-state index contributed by atoms with van der Waals surface area (Å²) in [6, 6.07) is 1.89. The van der Waals surface area contributed by atoms with Gasteiger partial charge in [0.25, 0.3) is 0 Å². The van der Waals surface area contributed by atoms with Crippen molar-refractivity contribution in [1.29, 1.82) is 0 Å². The number of fused-ring (bicyclic) bond motifs is 1. The number of hydrogen-bond donors (Lipinski definition) is 1. The molecule has 19 heavy (non-hydrogen) atoms. The van der Waals surface area contributed by atoms with Gasteiger partial charge in [-0.2, -0.15) is 0 Å². The molecule has 0 aliphatic rings. The predicted octanol–water partition coefficient (Wildman–Crippen LogP) is 3.23. The maximum Gasteiger partial charge on any atom is 0.419 e. The highest BCUT2D eigenvalue weighted by Crippen LogP contribution is 2.32. The molecule has 2 rings (SSSR count). The Morgan fingerprint density at radius 2 is 1.89 bits per heavy atom. The average Bonchev–Trinajstić information content (AvgIpc) is 2.70. The monoisotopic (exact) mass is 263 g/mol. The molecule has 0 unspecified atom stereocenters. The van der Waals surface area contributed by atoms with E-state index in [1.54, 1.807) is 4.57 Å². The van der Waals surface area contributed by atoms with Crippen LogP contribution in [-0.2, 0) is 19.4 Å². The fourth-order valence-electron chi connectivity index (χ4n) is 2.55. The molecule has 4 nitrogen and oxygen atoms in total. The molecule has 0 bridgehead atoms. The summed E-state index contributed by atoms with van der Waals surface area (Å²) < 4.78 is 6.95. The summed E-state index contributed by atoms with van der Waals surface area (Å²) >= 11 is 0. The number of hydrogen-bond acceptors (Lipinski definition) is 3. The SMILES string of the molecule is CCCc1cc2c(oc(=O)n2CC)c(CCC)c1O. The van der Waals surface area contributed by atoms with Crippen molar-refractivity contribution < 1.29 is 9.52 Å². The van der Waals surface area contributed by atoms with Crippen molar-refractivity contribution in [3.8, 4) is 5.75 Å². The Balaban J connectivity index is 2.79. The number of rotatable bonds is 5. The summed E-state index contributed by atoms with van der Waals surface area (Å²) in [6.45, 7) is 6.62. The molecule has 0 saturated carbocycles. The quantitative estimate of drug-likeness (QED) is 0.901. The molecule has 1 aromatic heterocycles. The van der Waals surface area contributed by atoms with Crippen molar-refractivity contribution in [2.24, 2.45) is 0 Å². The van der Waals surface area contributed by atoms with E-state index in [0.29, 0.717) is 17.9 Å². The number of aromatic nitrogens is 1. The topological polar surface area (TPSA) is 55.4 Å². The third kappa shape index (κ3) is 2.27. The van der Waals surface area contributed by atoms with Gasteiger partial charge in [-0.15, -0.1) is 0 Å². The molecule has 1 aromatic carbocycles. The first kappa shape index (κ1) is 13.7. The molecule has 0 radical (unpaired) electrons. The standard InChI is InChI=1S/C15H21NO3/c1-4-7-10-9-12-14(11(8-5-2)13(10)17)19-15(18)16(12)6-3/h9,17H,4-8H2,1-3H3. The second-order valence-electron chi connectivity index (χ2n) is 4.82. The predicted molar refractivity (Wildman–Crippen MR) is 75.8 cm³/mol. The van der Waals surface area contributed by atoms with Crippen molar-refractivity contribution in [3.05, 3.63) is 27.7 Å². The number of phenols is 1. The molecule has 2 aromatic rings. The van der Waals surface area contributed by atoms with Gasteiger partial charge in [0.2, 0.25) is 0 Å². The lowest BCUT2D eigenvalue weighted by molar-refractivity contribution is 0.457. The van der Waals surface area contributed by atoms with Crippen LogP contribution in [0.3, 0.4) is 0 Å². The van der Waals surface area contributed by atoms with Gasteiger partial charge in [0.05, 0.1) is 5.52 Å². The maximum atomic E-state index is 11.8. The molecule has 0 saturated heterocycles. The highest BCUT2D eigenvalue weighted by Gasteiger charge is 2.18. The number of nitrogens with zero attached hydrogens (tertiary/aromatic N) is 1. The Morgan fingerprint density at radius 1 is 1.21 bits per heavy atom. The third-order valence-electron chi connectivity index (χ3n) is 3.44. The maximum absolute atomic E-state index is 11.8. The van der Waals surface area contributed by atoms with E-state index in [0.717, 1.165) is 42.3 Å². The Hall–Kier alpha value is -1.71. The van der Waals surface area contributed by atoms with Crippen LogP contribution in [0.2, 0.25) is 0 Å². The summed E-state index contributed by atoms with van der Waals surface area (Å²) in [4.78, 5) is 11.8. The molecule has 0 aliphatic heterocycles. The van der Waals surface area contributed by atoms with Gasteiger partial charge in [-0.3, -0.25) is 4.57 Å². The molecule has 0 fully saturated rings. The normalized spacial score (nSPS) is 11.3. The Kier molecular flexibility index (Phi) is 3.98. The van der Waals surface area contributed by atoms with Crippen LogP contribution in [0.1, 0.15) is 44.7 Å². The minimum absolute atomic E-state index is 0.299. The first-order valence-corrected chi connectivity index (χ1v) is 7.01. The zero-order valence-corrected chi connectivity index (χ0v) is 11.8. The van der Waals surface area contributed by atoms with E-state index in [9.17, 15) is 9.90 Å². The van der Waals surface area contributed by atoms with Crippen molar-refractivity contribution >= 4 is 11.1 Å². The van der Waals surface area contributed by atoms with E-state index in [4.69, 9.17) is 4.42 Å². The van der Waals surface area contributed by atoms with Crippen LogP contribution < -0.4 is 5.76 Å². The number of benzene rings is 1. The Labute approximate surface area is 112 Å². The van der Waals surface area contributed by atoms with Gasteiger partial charge in [0.1, 0.15) is 5.75 Å². The zero-order chi connectivity index (χ0) is 14.0. The lowest BCUT2D eigenvalue weighted by Crippen LogP contribution is -2.12. The first-order valence-electron chi connectivity index (χ1n) is 7.01. The van der Waals surface area contributed by atoms with Gasteiger partial charge >= 0.3 is 5.76 Å². The van der Waals surface area contributed by atoms with Crippen molar-refractivity contribution in [2.45, 2.75) is 53.0 Å². The number of aryl methyl sites for hydroxylation is 3. The summed E-state index contributed by atoms with van der Waals surface area (Å²) in [5, 5.41) is 10.4. The Bertz CT molecular complexity index is 637. The van der Waals surface area contributed by atoms with Crippen molar-refractivity contribution in [2.75, 3.05) is 0 Å². The molecule has 104 valence electrons. The molecule has 0 aliphatic carbocycles. The number of aromatic hydroxyl groups is 1. The first-order chi connectivity index (χ1) is 9.13.